The summed E-state index contributed by atoms with van der Waals surface area (Å²) in [5.74, 6) is 3.33. The third-order valence-electron chi connectivity index (χ3n) is 3.50. The van der Waals surface area contributed by atoms with E-state index in [-0.39, 0.29) is 24.0 Å². The first kappa shape index (κ1) is 18.3. The fraction of sp³-hybridized carbons (Fsp3) is 0.533. The highest BCUT2D eigenvalue weighted by Crippen LogP contribution is 2.27. The van der Waals surface area contributed by atoms with Crippen LogP contribution in [0, 0.1) is 12.3 Å². The van der Waals surface area contributed by atoms with Gasteiger partial charge in [0.25, 0.3) is 0 Å². The van der Waals surface area contributed by atoms with Crippen LogP contribution in [-0.2, 0) is 0 Å². The topological polar surface area (TPSA) is 39.7 Å². The van der Waals surface area contributed by atoms with Gasteiger partial charge in [0.15, 0.2) is 5.96 Å². The Balaban J connectivity index is 0.00000220. The van der Waals surface area contributed by atoms with Crippen LogP contribution in [0.3, 0.4) is 0 Å². The average molecular weight is 418 g/mol. The summed E-state index contributed by atoms with van der Waals surface area (Å²) in [7, 11) is 1.77. The van der Waals surface area contributed by atoms with E-state index >= 15 is 0 Å². The smallest absolute Gasteiger partial charge is 0.191 e. The first-order chi connectivity index (χ1) is 9.85. The highest BCUT2D eigenvalue weighted by molar-refractivity contribution is 14.0. The molecule has 2 rings (SSSR count). The number of halogens is 1. The largest absolute Gasteiger partial charge is 0.354 e. The van der Waals surface area contributed by atoms with E-state index in [1.807, 2.05) is 11.3 Å². The number of nitrogens with zero attached hydrogens (tertiary/aromatic N) is 2. The van der Waals surface area contributed by atoms with Crippen molar-refractivity contribution in [3.63, 3.8) is 0 Å². The van der Waals surface area contributed by atoms with Gasteiger partial charge in [-0.05, 0) is 37.4 Å². The van der Waals surface area contributed by atoms with Gasteiger partial charge in [-0.25, -0.2) is 0 Å². The third-order valence-corrected chi connectivity index (χ3v) is 4.47. The molecule has 1 aliphatic rings. The van der Waals surface area contributed by atoms with E-state index in [0.717, 1.165) is 12.5 Å². The molecule has 0 amide bonds. The zero-order valence-electron chi connectivity index (χ0n) is 12.3. The summed E-state index contributed by atoms with van der Waals surface area (Å²) >= 11 is 1.82. The molecule has 1 aliphatic heterocycles. The molecule has 0 saturated carbocycles. The average Bonchev–Trinajstić information content (AvgIpc) is 3.16. The van der Waals surface area contributed by atoms with E-state index in [0.29, 0.717) is 12.6 Å². The van der Waals surface area contributed by atoms with Crippen LogP contribution in [-0.4, -0.2) is 44.1 Å². The molecular formula is C15H23IN4S. The van der Waals surface area contributed by atoms with Gasteiger partial charge >= 0.3 is 0 Å². The van der Waals surface area contributed by atoms with Crippen molar-refractivity contribution in [3.8, 4) is 12.3 Å². The van der Waals surface area contributed by atoms with Crippen LogP contribution >= 0.6 is 35.3 Å². The minimum atomic E-state index is 0. The molecule has 4 nitrogen and oxygen atoms in total. The minimum Gasteiger partial charge on any atom is -0.354 e. The van der Waals surface area contributed by atoms with E-state index in [9.17, 15) is 0 Å². The molecule has 0 spiro atoms. The molecule has 6 heteroatoms. The molecule has 1 unspecified atom stereocenters. The number of hydrogen-bond donors (Lipinski definition) is 2. The fourth-order valence-electron chi connectivity index (χ4n) is 2.49. The van der Waals surface area contributed by atoms with Crippen LogP contribution in [0.15, 0.2) is 22.5 Å². The Morgan fingerprint density at radius 1 is 1.48 bits per heavy atom. The standard InChI is InChI=1S/C15H22N4S.HI/c1-3-8-17-15(16-2)18-12-13(14-7-6-11-20-14)19-9-4-5-10-19;/h1,6-7,11,13H,4-5,8-10,12H2,2H3,(H2,16,17,18);1H. The highest BCUT2D eigenvalue weighted by Gasteiger charge is 2.24. The first-order valence-electron chi connectivity index (χ1n) is 7.00. The maximum absolute atomic E-state index is 5.26. The lowest BCUT2D eigenvalue weighted by molar-refractivity contribution is 0.249. The van der Waals surface area contributed by atoms with Crippen molar-refractivity contribution >= 4 is 41.3 Å². The fourth-order valence-corrected chi connectivity index (χ4v) is 3.35. The molecule has 1 atom stereocenters. The van der Waals surface area contributed by atoms with Crippen LogP contribution in [0.5, 0.6) is 0 Å². The predicted octanol–water partition coefficient (Wildman–Crippen LogP) is 2.30. The number of rotatable bonds is 5. The van der Waals surface area contributed by atoms with Gasteiger partial charge in [-0.3, -0.25) is 9.89 Å². The number of likely N-dealkylation sites (tertiary alicyclic amines) is 1. The molecule has 2 N–H and O–H groups in total. The van der Waals surface area contributed by atoms with Gasteiger partial charge in [-0.15, -0.1) is 41.7 Å². The summed E-state index contributed by atoms with van der Waals surface area (Å²) in [6, 6.07) is 4.75. The number of hydrogen-bond acceptors (Lipinski definition) is 3. The van der Waals surface area contributed by atoms with Gasteiger partial charge in [0.1, 0.15) is 0 Å². The molecule has 1 aromatic rings. The number of aliphatic imine (C=N–C) groups is 1. The lowest BCUT2D eigenvalue weighted by atomic mass is 10.2. The summed E-state index contributed by atoms with van der Waals surface area (Å²) in [6.45, 7) is 3.71. The normalized spacial score (nSPS) is 16.9. The highest BCUT2D eigenvalue weighted by atomic mass is 127. The molecule has 1 aromatic heterocycles. The molecule has 2 heterocycles. The molecular weight excluding hydrogens is 395 g/mol. The van der Waals surface area contributed by atoms with E-state index < -0.39 is 0 Å². The molecule has 1 saturated heterocycles. The molecule has 1 fully saturated rings. The Labute approximate surface area is 148 Å². The van der Waals surface area contributed by atoms with E-state index in [1.54, 1.807) is 7.05 Å². The van der Waals surface area contributed by atoms with Crippen LogP contribution in [0.2, 0.25) is 0 Å². The van der Waals surface area contributed by atoms with E-state index in [2.05, 4.69) is 44.0 Å². The minimum absolute atomic E-state index is 0. The van der Waals surface area contributed by atoms with Gasteiger partial charge in [0, 0.05) is 18.5 Å². The third kappa shape index (κ3) is 5.49. The Bertz CT molecular complexity index is 461. The Morgan fingerprint density at radius 2 is 2.24 bits per heavy atom. The van der Waals surface area contributed by atoms with Crippen LogP contribution in [0.4, 0.5) is 0 Å². The van der Waals surface area contributed by atoms with Crippen LogP contribution in [0.25, 0.3) is 0 Å². The predicted molar refractivity (Wildman–Crippen MR) is 101 cm³/mol. The monoisotopic (exact) mass is 418 g/mol. The van der Waals surface area contributed by atoms with E-state index in [4.69, 9.17) is 6.42 Å². The zero-order valence-corrected chi connectivity index (χ0v) is 15.5. The summed E-state index contributed by atoms with van der Waals surface area (Å²) in [5.41, 5.74) is 0. The second kappa shape index (κ2) is 10.0. The molecule has 0 radical (unpaired) electrons. The quantitative estimate of drug-likeness (QED) is 0.334. The van der Waals surface area contributed by atoms with Crippen molar-refractivity contribution in [3.05, 3.63) is 22.4 Å². The van der Waals surface area contributed by atoms with Gasteiger partial charge in [-0.2, -0.15) is 0 Å². The zero-order chi connectivity index (χ0) is 14.2. The van der Waals surface area contributed by atoms with Crippen molar-refractivity contribution in [2.24, 2.45) is 4.99 Å². The van der Waals surface area contributed by atoms with Crippen molar-refractivity contribution in [2.75, 3.05) is 33.2 Å². The lowest BCUT2D eigenvalue weighted by Gasteiger charge is -2.27. The SMILES string of the molecule is C#CCNC(=NC)NCC(c1cccs1)N1CCCC1.I. The Hall–Kier alpha value is -0.780. The number of guanidine groups is 1. The van der Waals surface area contributed by atoms with Gasteiger partial charge in [0.2, 0.25) is 0 Å². The van der Waals surface area contributed by atoms with Gasteiger partial charge in [-0.1, -0.05) is 12.0 Å². The number of terminal acetylenes is 1. The molecule has 0 aliphatic carbocycles. The van der Waals surface area contributed by atoms with Crippen molar-refractivity contribution in [2.45, 2.75) is 18.9 Å². The molecule has 21 heavy (non-hydrogen) atoms. The second-order valence-corrected chi connectivity index (χ2v) is 5.76. The summed E-state index contributed by atoms with van der Waals surface area (Å²) in [6.07, 6.45) is 7.86. The Kier molecular flexibility index (Phi) is 8.73. The van der Waals surface area contributed by atoms with Crippen molar-refractivity contribution in [1.82, 2.24) is 15.5 Å². The van der Waals surface area contributed by atoms with Gasteiger partial charge < -0.3 is 10.6 Å². The van der Waals surface area contributed by atoms with Gasteiger partial charge in [0.05, 0.1) is 12.6 Å². The van der Waals surface area contributed by atoms with Crippen LogP contribution < -0.4 is 10.6 Å². The van der Waals surface area contributed by atoms with E-state index in [1.165, 1.54) is 30.8 Å². The maximum Gasteiger partial charge on any atom is 0.191 e. The lowest BCUT2D eigenvalue weighted by Crippen LogP contribution is -2.42. The van der Waals surface area contributed by atoms with Crippen molar-refractivity contribution in [1.29, 1.82) is 0 Å². The van der Waals surface area contributed by atoms with Crippen LogP contribution in [0.1, 0.15) is 23.8 Å². The van der Waals surface area contributed by atoms with Crippen molar-refractivity contribution < 1.29 is 0 Å². The Morgan fingerprint density at radius 3 is 2.81 bits per heavy atom. The molecule has 0 aromatic carbocycles. The second-order valence-electron chi connectivity index (χ2n) is 4.79. The molecule has 0 bridgehead atoms. The summed E-state index contributed by atoms with van der Waals surface area (Å²) in [5, 5.41) is 8.62. The maximum atomic E-state index is 5.26. The number of thiophene rings is 1. The first-order valence-corrected chi connectivity index (χ1v) is 7.88. The summed E-state index contributed by atoms with van der Waals surface area (Å²) in [4.78, 5) is 8.15. The summed E-state index contributed by atoms with van der Waals surface area (Å²) < 4.78 is 0. The number of nitrogens with one attached hydrogen (secondary N) is 2. The molecule has 116 valence electrons.